The van der Waals surface area contributed by atoms with Gasteiger partial charge in [0.2, 0.25) is 5.82 Å². The number of nitrogens with zero attached hydrogens (tertiary/aromatic N) is 6. The fourth-order valence-corrected chi connectivity index (χ4v) is 4.81. The molecule has 0 spiro atoms. The van der Waals surface area contributed by atoms with Crippen LogP contribution in [-0.2, 0) is 6.54 Å². The van der Waals surface area contributed by atoms with E-state index in [0.29, 0.717) is 29.2 Å². The van der Waals surface area contributed by atoms with Crippen LogP contribution in [0.15, 0.2) is 53.1 Å². The third kappa shape index (κ3) is 4.92. The average molecular weight is 460 g/mol. The van der Waals surface area contributed by atoms with Gasteiger partial charge in [0.1, 0.15) is 11.6 Å². The summed E-state index contributed by atoms with van der Waals surface area (Å²) in [5.41, 5.74) is 8.90. The van der Waals surface area contributed by atoms with Crippen LogP contribution in [0.25, 0.3) is 17.4 Å². The molecule has 4 heterocycles. The largest absolute Gasteiger partial charge is 0.461 e. The molecule has 5 rings (SSSR count). The molecule has 0 saturated carbocycles. The van der Waals surface area contributed by atoms with Gasteiger partial charge in [-0.15, -0.1) is 5.10 Å². The van der Waals surface area contributed by atoms with Gasteiger partial charge in [-0.2, -0.15) is 14.5 Å². The maximum atomic E-state index is 6.40. The van der Waals surface area contributed by atoms with Gasteiger partial charge in [-0.3, -0.25) is 0 Å². The number of nitrogens with two attached hydrogens (primary N) is 1. The Kier molecular flexibility index (Phi) is 6.49. The number of nitrogen functional groups attached to an aromatic ring is 1. The Labute approximate surface area is 200 Å². The second kappa shape index (κ2) is 9.85. The molecule has 0 bridgehead atoms. The normalized spacial score (nSPS) is 16.8. The second-order valence-electron chi connectivity index (χ2n) is 9.31. The van der Waals surface area contributed by atoms with Crippen LogP contribution < -0.4 is 10.6 Å². The molecule has 1 unspecified atom stereocenters. The number of piperidine rings is 1. The molecule has 178 valence electrons. The van der Waals surface area contributed by atoms with Crippen LogP contribution in [0.3, 0.4) is 0 Å². The lowest BCUT2D eigenvalue weighted by atomic mass is 10.0. The molecular weight excluding hydrogens is 426 g/mol. The van der Waals surface area contributed by atoms with Crippen molar-refractivity contribution in [3.63, 3.8) is 0 Å². The van der Waals surface area contributed by atoms with E-state index in [1.807, 2.05) is 18.2 Å². The quantitative estimate of drug-likeness (QED) is 0.414. The van der Waals surface area contributed by atoms with Crippen LogP contribution in [0.2, 0.25) is 0 Å². The molecule has 8 nitrogen and oxygen atoms in total. The number of likely N-dealkylation sites (tertiary alicyclic amines) is 1. The summed E-state index contributed by atoms with van der Waals surface area (Å²) in [6, 6.07) is 14.8. The molecule has 1 saturated heterocycles. The molecule has 0 radical (unpaired) electrons. The SMILES string of the molecule is Cc1cccc(CN(CCCN2CCCCC2C)c2cc(N)n3nc(-c4ccco4)nc3n2)c1. The van der Waals surface area contributed by atoms with Gasteiger partial charge in [-0.05, 0) is 57.4 Å². The predicted molar refractivity (Wildman–Crippen MR) is 135 cm³/mol. The Bertz CT molecular complexity index is 1230. The van der Waals surface area contributed by atoms with Crippen molar-refractivity contribution in [2.45, 2.75) is 52.1 Å². The number of aryl methyl sites for hydroxylation is 1. The zero-order chi connectivity index (χ0) is 23.5. The lowest BCUT2D eigenvalue weighted by Gasteiger charge is -2.34. The van der Waals surface area contributed by atoms with Crippen molar-refractivity contribution < 1.29 is 4.42 Å². The Hall–Kier alpha value is -3.39. The Morgan fingerprint density at radius 3 is 2.85 bits per heavy atom. The minimum absolute atomic E-state index is 0.472. The molecule has 1 fully saturated rings. The third-order valence-corrected chi connectivity index (χ3v) is 6.66. The van der Waals surface area contributed by atoms with Gasteiger partial charge in [0.25, 0.3) is 5.78 Å². The number of rotatable bonds is 8. The number of furan rings is 1. The van der Waals surface area contributed by atoms with Crippen LogP contribution >= 0.6 is 0 Å². The van der Waals surface area contributed by atoms with E-state index in [9.17, 15) is 0 Å². The molecule has 1 aromatic carbocycles. The summed E-state index contributed by atoms with van der Waals surface area (Å²) in [6.07, 6.45) is 6.62. The van der Waals surface area contributed by atoms with Crippen molar-refractivity contribution in [3.05, 3.63) is 59.9 Å². The number of benzene rings is 1. The lowest BCUT2D eigenvalue weighted by molar-refractivity contribution is 0.159. The molecule has 1 aliphatic heterocycles. The maximum Gasteiger partial charge on any atom is 0.256 e. The van der Waals surface area contributed by atoms with Crippen molar-refractivity contribution in [1.82, 2.24) is 24.5 Å². The number of hydrogen-bond acceptors (Lipinski definition) is 7. The molecule has 8 heteroatoms. The van der Waals surface area contributed by atoms with E-state index < -0.39 is 0 Å². The number of aromatic nitrogens is 4. The van der Waals surface area contributed by atoms with Gasteiger partial charge in [0, 0.05) is 31.7 Å². The summed E-state index contributed by atoms with van der Waals surface area (Å²) in [5, 5.41) is 4.48. The predicted octanol–water partition coefficient (Wildman–Crippen LogP) is 4.55. The first-order valence-electron chi connectivity index (χ1n) is 12.2. The summed E-state index contributed by atoms with van der Waals surface area (Å²) in [5.74, 6) is 2.87. The van der Waals surface area contributed by atoms with E-state index in [0.717, 1.165) is 31.9 Å². The molecule has 4 aromatic rings. The van der Waals surface area contributed by atoms with E-state index in [1.54, 1.807) is 10.8 Å². The molecule has 2 N–H and O–H groups in total. The monoisotopic (exact) mass is 459 g/mol. The fourth-order valence-electron chi connectivity index (χ4n) is 4.81. The summed E-state index contributed by atoms with van der Waals surface area (Å²) in [7, 11) is 0. The zero-order valence-corrected chi connectivity index (χ0v) is 20.0. The molecule has 34 heavy (non-hydrogen) atoms. The molecule has 0 aliphatic carbocycles. The van der Waals surface area contributed by atoms with Gasteiger partial charge in [0.05, 0.1) is 6.26 Å². The number of anilines is 2. The van der Waals surface area contributed by atoms with E-state index >= 15 is 0 Å². The highest BCUT2D eigenvalue weighted by Crippen LogP contribution is 2.23. The van der Waals surface area contributed by atoms with Crippen LogP contribution in [0, 0.1) is 6.92 Å². The van der Waals surface area contributed by atoms with Crippen molar-refractivity contribution in [2.75, 3.05) is 30.3 Å². The Balaban J connectivity index is 1.41. The van der Waals surface area contributed by atoms with E-state index in [1.165, 1.54) is 36.9 Å². The zero-order valence-electron chi connectivity index (χ0n) is 20.0. The van der Waals surface area contributed by atoms with Crippen LogP contribution in [0.4, 0.5) is 11.6 Å². The van der Waals surface area contributed by atoms with Crippen molar-refractivity contribution in [3.8, 4) is 11.6 Å². The summed E-state index contributed by atoms with van der Waals surface area (Å²) >= 11 is 0. The molecule has 1 aliphatic rings. The first-order valence-corrected chi connectivity index (χ1v) is 12.2. The number of fused-ring (bicyclic) bond motifs is 1. The Morgan fingerprint density at radius 1 is 1.15 bits per heavy atom. The topological polar surface area (TPSA) is 88.7 Å². The third-order valence-electron chi connectivity index (χ3n) is 6.66. The van der Waals surface area contributed by atoms with Crippen LogP contribution in [0.1, 0.15) is 43.7 Å². The van der Waals surface area contributed by atoms with Gasteiger partial charge < -0.3 is 20.0 Å². The van der Waals surface area contributed by atoms with E-state index in [4.69, 9.17) is 15.1 Å². The van der Waals surface area contributed by atoms with Gasteiger partial charge in [-0.1, -0.05) is 36.2 Å². The van der Waals surface area contributed by atoms with E-state index in [2.05, 4.69) is 58.0 Å². The van der Waals surface area contributed by atoms with Gasteiger partial charge >= 0.3 is 0 Å². The first kappa shape index (κ1) is 22.4. The van der Waals surface area contributed by atoms with E-state index in [-0.39, 0.29) is 0 Å². The summed E-state index contributed by atoms with van der Waals surface area (Å²) in [6.45, 7) is 8.42. The highest BCUT2D eigenvalue weighted by atomic mass is 16.3. The van der Waals surface area contributed by atoms with Crippen molar-refractivity contribution in [2.24, 2.45) is 0 Å². The minimum Gasteiger partial charge on any atom is -0.461 e. The van der Waals surface area contributed by atoms with Gasteiger partial charge in [0.15, 0.2) is 5.76 Å². The highest BCUT2D eigenvalue weighted by Gasteiger charge is 2.20. The molecule has 1 atom stereocenters. The highest BCUT2D eigenvalue weighted by molar-refractivity contribution is 5.57. The summed E-state index contributed by atoms with van der Waals surface area (Å²) < 4.78 is 7.03. The van der Waals surface area contributed by atoms with Crippen LogP contribution in [0.5, 0.6) is 0 Å². The molecule has 3 aromatic heterocycles. The van der Waals surface area contributed by atoms with Crippen molar-refractivity contribution in [1.29, 1.82) is 0 Å². The maximum absolute atomic E-state index is 6.40. The molecular formula is C26H33N7O. The lowest BCUT2D eigenvalue weighted by Crippen LogP contribution is -2.39. The minimum atomic E-state index is 0.472. The first-order chi connectivity index (χ1) is 16.6. The van der Waals surface area contributed by atoms with Crippen LogP contribution in [-0.4, -0.2) is 50.2 Å². The summed E-state index contributed by atoms with van der Waals surface area (Å²) in [4.78, 5) is 14.3. The smallest absolute Gasteiger partial charge is 0.256 e. The molecule has 0 amide bonds. The van der Waals surface area contributed by atoms with Crippen molar-refractivity contribution >= 4 is 17.4 Å². The fraction of sp³-hybridized carbons (Fsp3) is 0.423. The average Bonchev–Trinajstić information content (AvgIpc) is 3.50. The standard InChI is InChI=1S/C26H33N7O/c1-19-8-5-10-21(16-19)18-32(14-7-13-31-12-4-3-9-20(31)2)24-17-23(27)33-26(28-24)29-25(30-33)22-11-6-15-34-22/h5-6,8,10-11,15-17,20H,3-4,7,9,12-14,18,27H2,1-2H3. The Morgan fingerprint density at radius 2 is 2.06 bits per heavy atom. The van der Waals surface area contributed by atoms with Gasteiger partial charge in [-0.25, -0.2) is 0 Å². The number of hydrogen-bond donors (Lipinski definition) is 1. The second-order valence-corrected chi connectivity index (χ2v) is 9.31.